The van der Waals surface area contributed by atoms with Crippen LogP contribution in [0.5, 0.6) is 0 Å². The summed E-state index contributed by atoms with van der Waals surface area (Å²) in [7, 11) is 0. The molecule has 1 aromatic carbocycles. The predicted octanol–water partition coefficient (Wildman–Crippen LogP) is 4.38. The standard InChI is InChI=1S/C18H11Cl2NO6S2/c19-8-1-3-11(20)10(5-8)13-4-2-9(27-13)6-14-16(24)21(18(28)29-14)12(17(25)26)7-15(22)23/h1-6,12H,7H2,(H,22,23)(H,25,26)/b14-6+/t12-/m1/s1. The first-order chi connectivity index (χ1) is 13.7. The Balaban J connectivity index is 1.88. The van der Waals surface area contributed by atoms with Crippen LogP contribution in [0.4, 0.5) is 0 Å². The molecule has 1 amide bonds. The van der Waals surface area contributed by atoms with Crippen molar-refractivity contribution in [3.05, 3.63) is 51.0 Å². The molecule has 0 saturated carbocycles. The normalized spacial score (nSPS) is 16.5. The molecule has 1 saturated heterocycles. The lowest BCUT2D eigenvalue weighted by atomic mass is 10.2. The highest BCUT2D eigenvalue weighted by Crippen LogP contribution is 2.36. The fourth-order valence-electron chi connectivity index (χ4n) is 2.59. The maximum atomic E-state index is 12.6. The Morgan fingerprint density at radius 2 is 1.97 bits per heavy atom. The lowest BCUT2D eigenvalue weighted by Gasteiger charge is -2.21. The van der Waals surface area contributed by atoms with Gasteiger partial charge in [-0.1, -0.05) is 47.2 Å². The van der Waals surface area contributed by atoms with Crippen LogP contribution in [0.1, 0.15) is 12.2 Å². The van der Waals surface area contributed by atoms with E-state index in [1.165, 1.54) is 6.08 Å². The SMILES string of the molecule is O=C(O)C[C@H](C(=O)O)N1C(=O)/C(=C\c2ccc(-c3cc(Cl)ccc3Cl)o2)SC1=S. The van der Waals surface area contributed by atoms with Crippen molar-refractivity contribution in [2.24, 2.45) is 0 Å². The molecule has 29 heavy (non-hydrogen) atoms. The fourth-order valence-corrected chi connectivity index (χ4v) is 4.31. The van der Waals surface area contributed by atoms with Crippen LogP contribution in [-0.4, -0.2) is 43.3 Å². The van der Waals surface area contributed by atoms with Gasteiger partial charge in [-0.15, -0.1) is 0 Å². The zero-order chi connectivity index (χ0) is 21.3. The molecule has 0 radical (unpaired) electrons. The number of thioether (sulfide) groups is 1. The van der Waals surface area contributed by atoms with Crippen molar-refractivity contribution >= 4 is 75.4 Å². The summed E-state index contributed by atoms with van der Waals surface area (Å²) < 4.78 is 5.66. The van der Waals surface area contributed by atoms with Gasteiger partial charge in [-0.05, 0) is 30.3 Å². The van der Waals surface area contributed by atoms with Gasteiger partial charge in [0.1, 0.15) is 21.9 Å². The van der Waals surface area contributed by atoms with Gasteiger partial charge >= 0.3 is 11.9 Å². The van der Waals surface area contributed by atoms with Gasteiger partial charge in [0.15, 0.2) is 0 Å². The third-order valence-electron chi connectivity index (χ3n) is 3.88. The number of carbonyl (C=O) groups excluding carboxylic acids is 1. The predicted molar refractivity (Wildman–Crippen MR) is 113 cm³/mol. The number of rotatable bonds is 6. The number of furan rings is 1. The van der Waals surface area contributed by atoms with E-state index in [-0.39, 0.29) is 9.23 Å². The zero-order valence-electron chi connectivity index (χ0n) is 14.3. The topological polar surface area (TPSA) is 108 Å². The number of carbonyl (C=O) groups is 3. The molecule has 1 fully saturated rings. The molecule has 7 nitrogen and oxygen atoms in total. The Hall–Kier alpha value is -2.33. The third-order valence-corrected chi connectivity index (χ3v) is 5.78. The van der Waals surface area contributed by atoms with Crippen LogP contribution in [-0.2, 0) is 14.4 Å². The quantitative estimate of drug-likeness (QED) is 0.471. The molecular formula is C18H11Cl2NO6S2. The molecular weight excluding hydrogens is 461 g/mol. The van der Waals surface area contributed by atoms with Crippen LogP contribution < -0.4 is 0 Å². The molecule has 1 aromatic heterocycles. The molecule has 2 aromatic rings. The number of nitrogens with zero attached hydrogens (tertiary/aromatic N) is 1. The van der Waals surface area contributed by atoms with Crippen molar-refractivity contribution in [2.45, 2.75) is 12.5 Å². The summed E-state index contributed by atoms with van der Waals surface area (Å²) in [5, 5.41) is 19.1. The van der Waals surface area contributed by atoms with Crippen molar-refractivity contribution < 1.29 is 29.0 Å². The number of aliphatic carboxylic acids is 2. The van der Waals surface area contributed by atoms with Gasteiger partial charge in [-0.2, -0.15) is 0 Å². The van der Waals surface area contributed by atoms with Crippen LogP contribution in [0.15, 0.2) is 39.7 Å². The number of benzene rings is 1. The molecule has 0 aliphatic carbocycles. The number of carboxylic acid groups (broad SMARTS) is 2. The monoisotopic (exact) mass is 471 g/mol. The highest BCUT2D eigenvalue weighted by Gasteiger charge is 2.41. The number of halogens is 2. The number of carboxylic acids is 2. The highest BCUT2D eigenvalue weighted by molar-refractivity contribution is 8.26. The number of amides is 1. The molecule has 2 N–H and O–H groups in total. The summed E-state index contributed by atoms with van der Waals surface area (Å²) in [5.74, 6) is -2.78. The Labute approximate surface area is 183 Å². The molecule has 1 aliphatic rings. The van der Waals surface area contributed by atoms with Gasteiger partial charge in [-0.25, -0.2) is 4.79 Å². The fraction of sp³-hybridized carbons (Fsp3) is 0.111. The first-order valence-corrected chi connectivity index (χ1v) is 9.92. The summed E-state index contributed by atoms with van der Waals surface area (Å²) in [5.41, 5.74) is 0.568. The maximum absolute atomic E-state index is 12.6. The van der Waals surface area contributed by atoms with E-state index in [1.54, 1.807) is 30.3 Å². The molecule has 3 rings (SSSR count). The average molecular weight is 472 g/mol. The Morgan fingerprint density at radius 1 is 1.24 bits per heavy atom. The maximum Gasteiger partial charge on any atom is 0.327 e. The van der Waals surface area contributed by atoms with E-state index in [9.17, 15) is 19.5 Å². The first kappa shape index (κ1) is 21.4. The number of thiocarbonyl (C=S) groups is 1. The summed E-state index contributed by atoms with van der Waals surface area (Å²) in [6.45, 7) is 0. The van der Waals surface area contributed by atoms with Gasteiger partial charge < -0.3 is 14.6 Å². The van der Waals surface area contributed by atoms with Crippen LogP contribution in [0.25, 0.3) is 17.4 Å². The molecule has 150 valence electrons. The van der Waals surface area contributed by atoms with Crippen LogP contribution in [0.3, 0.4) is 0 Å². The molecule has 1 aliphatic heterocycles. The van der Waals surface area contributed by atoms with E-state index >= 15 is 0 Å². The summed E-state index contributed by atoms with van der Waals surface area (Å²) in [6, 6.07) is 6.55. The van der Waals surface area contributed by atoms with Gasteiger partial charge in [0, 0.05) is 16.7 Å². The van der Waals surface area contributed by atoms with E-state index in [1.807, 2.05) is 0 Å². The second kappa shape index (κ2) is 8.58. The van der Waals surface area contributed by atoms with E-state index in [0.29, 0.717) is 27.1 Å². The number of hydrogen-bond donors (Lipinski definition) is 2. The molecule has 0 unspecified atom stereocenters. The lowest BCUT2D eigenvalue weighted by Crippen LogP contribution is -2.45. The minimum Gasteiger partial charge on any atom is -0.481 e. The van der Waals surface area contributed by atoms with Crippen molar-refractivity contribution in [1.29, 1.82) is 0 Å². The highest BCUT2D eigenvalue weighted by atomic mass is 35.5. The molecule has 1 atom stereocenters. The van der Waals surface area contributed by atoms with Crippen molar-refractivity contribution in [3.63, 3.8) is 0 Å². The van der Waals surface area contributed by atoms with E-state index in [0.717, 1.165) is 16.7 Å². The second-order valence-electron chi connectivity index (χ2n) is 5.83. The Bertz CT molecular complexity index is 1060. The summed E-state index contributed by atoms with van der Waals surface area (Å²) >= 11 is 18.1. The number of hydrogen-bond acceptors (Lipinski definition) is 6. The Kier molecular flexibility index (Phi) is 6.33. The van der Waals surface area contributed by atoms with Gasteiger partial charge in [-0.3, -0.25) is 14.5 Å². The largest absolute Gasteiger partial charge is 0.481 e. The third kappa shape index (κ3) is 4.64. The molecule has 0 bridgehead atoms. The second-order valence-corrected chi connectivity index (χ2v) is 8.35. The Morgan fingerprint density at radius 3 is 2.62 bits per heavy atom. The van der Waals surface area contributed by atoms with Gasteiger partial charge in [0.2, 0.25) is 0 Å². The van der Waals surface area contributed by atoms with Crippen LogP contribution in [0.2, 0.25) is 10.0 Å². The van der Waals surface area contributed by atoms with Crippen LogP contribution >= 0.6 is 47.2 Å². The lowest BCUT2D eigenvalue weighted by molar-refractivity contribution is -0.150. The van der Waals surface area contributed by atoms with Gasteiger partial charge in [0.05, 0.1) is 16.3 Å². The minimum atomic E-state index is -1.59. The molecule has 2 heterocycles. The average Bonchev–Trinajstić information content (AvgIpc) is 3.20. The van der Waals surface area contributed by atoms with Gasteiger partial charge in [0.25, 0.3) is 5.91 Å². The smallest absolute Gasteiger partial charge is 0.327 e. The molecule has 0 spiro atoms. The minimum absolute atomic E-state index is 0.0421. The van der Waals surface area contributed by atoms with E-state index in [4.69, 9.17) is 44.9 Å². The molecule has 11 heteroatoms. The summed E-state index contributed by atoms with van der Waals surface area (Å²) in [4.78, 5) is 35.9. The summed E-state index contributed by atoms with van der Waals surface area (Å²) in [6.07, 6.45) is 0.633. The van der Waals surface area contributed by atoms with Crippen molar-refractivity contribution in [2.75, 3.05) is 0 Å². The van der Waals surface area contributed by atoms with Crippen molar-refractivity contribution in [3.8, 4) is 11.3 Å². The van der Waals surface area contributed by atoms with E-state index < -0.39 is 30.3 Å². The first-order valence-electron chi connectivity index (χ1n) is 7.94. The van der Waals surface area contributed by atoms with Crippen LogP contribution in [0, 0.1) is 0 Å². The van der Waals surface area contributed by atoms with Crippen molar-refractivity contribution in [1.82, 2.24) is 4.90 Å². The van der Waals surface area contributed by atoms with E-state index in [2.05, 4.69) is 0 Å². The zero-order valence-corrected chi connectivity index (χ0v) is 17.4.